The molecule has 0 unspecified atom stereocenters. The lowest BCUT2D eigenvalue weighted by atomic mass is 10.2. The molecular weight excluding hydrogens is 469 g/mol. The molecule has 1 aliphatic heterocycles. The van der Waals surface area contributed by atoms with Gasteiger partial charge in [-0.2, -0.15) is 0 Å². The van der Waals surface area contributed by atoms with E-state index in [2.05, 4.69) is 22.6 Å². The normalized spacial score (nSPS) is 15.8. The Morgan fingerprint density at radius 3 is 2.68 bits per heavy atom. The van der Waals surface area contributed by atoms with Crippen LogP contribution in [0.2, 0.25) is 0 Å². The molecule has 25 heavy (non-hydrogen) atoms. The lowest BCUT2D eigenvalue weighted by Gasteiger charge is -2.07. The van der Waals surface area contributed by atoms with Crippen molar-refractivity contribution in [2.24, 2.45) is 0 Å². The summed E-state index contributed by atoms with van der Waals surface area (Å²) in [5.41, 5.74) is 1.28. The van der Waals surface area contributed by atoms with Crippen LogP contribution >= 0.6 is 46.6 Å². The first-order chi connectivity index (χ1) is 12.0. The summed E-state index contributed by atoms with van der Waals surface area (Å²) in [6.07, 6.45) is 1.74. The van der Waals surface area contributed by atoms with Gasteiger partial charge in [0, 0.05) is 10.6 Å². The second kappa shape index (κ2) is 7.67. The van der Waals surface area contributed by atoms with E-state index in [1.807, 2.05) is 18.2 Å². The van der Waals surface area contributed by atoms with Crippen LogP contribution in [0.4, 0.5) is 0 Å². The molecule has 1 saturated heterocycles. The highest BCUT2D eigenvalue weighted by atomic mass is 127. The number of likely N-dealkylation sites (N-methyl/N-ethyl adjacent to an activating group) is 1. The summed E-state index contributed by atoms with van der Waals surface area (Å²) in [5, 5.41) is 0. The van der Waals surface area contributed by atoms with Crippen LogP contribution in [0.3, 0.4) is 0 Å². The molecule has 0 atom stereocenters. The van der Waals surface area contributed by atoms with E-state index in [9.17, 15) is 9.59 Å². The standard InChI is InChI=1S/C18H12INO3S2/c1-20-16(21)15(25-18(20)24)10-11-5-4-6-12(9-11)23-17(22)13-7-2-3-8-14(13)19/h2-10H,1H3. The maximum Gasteiger partial charge on any atom is 0.344 e. The Bertz CT molecular complexity index is 911. The number of rotatable bonds is 3. The fourth-order valence-electron chi connectivity index (χ4n) is 2.15. The second-order valence-corrected chi connectivity index (χ2v) is 8.02. The van der Waals surface area contributed by atoms with Crippen molar-refractivity contribution in [1.29, 1.82) is 0 Å². The van der Waals surface area contributed by atoms with Crippen LogP contribution in [0.15, 0.2) is 53.4 Å². The first-order valence-electron chi connectivity index (χ1n) is 7.24. The average molecular weight is 481 g/mol. The molecule has 4 nitrogen and oxygen atoms in total. The first-order valence-corrected chi connectivity index (χ1v) is 9.54. The number of carbonyl (C=O) groups is 2. The maximum absolute atomic E-state index is 12.3. The Morgan fingerprint density at radius 1 is 1.24 bits per heavy atom. The molecular formula is C18H12INO3S2. The van der Waals surface area contributed by atoms with E-state index in [0.717, 1.165) is 9.13 Å². The third kappa shape index (κ3) is 4.10. The summed E-state index contributed by atoms with van der Waals surface area (Å²) in [5.74, 6) is -0.122. The zero-order chi connectivity index (χ0) is 18.0. The topological polar surface area (TPSA) is 46.6 Å². The van der Waals surface area contributed by atoms with Gasteiger partial charge in [0.2, 0.25) is 0 Å². The van der Waals surface area contributed by atoms with Crippen LogP contribution in [-0.2, 0) is 4.79 Å². The zero-order valence-corrected chi connectivity index (χ0v) is 16.9. The molecule has 0 saturated carbocycles. The number of carbonyl (C=O) groups excluding carboxylic acids is 2. The summed E-state index contributed by atoms with van der Waals surface area (Å²) >= 11 is 8.47. The highest BCUT2D eigenvalue weighted by Crippen LogP contribution is 2.31. The highest BCUT2D eigenvalue weighted by Gasteiger charge is 2.28. The van der Waals surface area contributed by atoms with Crippen molar-refractivity contribution in [2.75, 3.05) is 7.05 Å². The van der Waals surface area contributed by atoms with Gasteiger partial charge in [0.05, 0.1) is 10.5 Å². The third-order valence-corrected chi connectivity index (χ3v) is 5.87. The van der Waals surface area contributed by atoms with Crippen LogP contribution in [0, 0.1) is 3.57 Å². The molecule has 2 aromatic carbocycles. The number of amides is 1. The summed E-state index contributed by atoms with van der Waals surface area (Å²) < 4.78 is 6.81. The second-order valence-electron chi connectivity index (χ2n) is 5.18. The van der Waals surface area contributed by atoms with Gasteiger partial charge < -0.3 is 4.74 Å². The lowest BCUT2D eigenvalue weighted by Crippen LogP contribution is -2.22. The van der Waals surface area contributed by atoms with E-state index < -0.39 is 5.97 Å². The van der Waals surface area contributed by atoms with Gasteiger partial charge in [-0.05, 0) is 58.5 Å². The van der Waals surface area contributed by atoms with Crippen molar-refractivity contribution in [3.63, 3.8) is 0 Å². The summed E-state index contributed by atoms with van der Waals surface area (Å²) in [6, 6.07) is 14.3. The molecule has 126 valence electrons. The van der Waals surface area contributed by atoms with Crippen molar-refractivity contribution in [3.05, 3.63) is 68.1 Å². The van der Waals surface area contributed by atoms with Gasteiger partial charge in [0.1, 0.15) is 10.1 Å². The van der Waals surface area contributed by atoms with Crippen molar-refractivity contribution in [3.8, 4) is 5.75 Å². The fourth-order valence-corrected chi connectivity index (χ4v) is 3.94. The minimum absolute atomic E-state index is 0.128. The predicted octanol–water partition coefficient (Wildman–Crippen LogP) is 4.34. The molecule has 1 amide bonds. The van der Waals surface area contributed by atoms with Crippen molar-refractivity contribution < 1.29 is 14.3 Å². The maximum atomic E-state index is 12.3. The molecule has 1 fully saturated rings. The number of hydrogen-bond acceptors (Lipinski definition) is 5. The van der Waals surface area contributed by atoms with E-state index in [0.29, 0.717) is 20.5 Å². The number of thioether (sulfide) groups is 1. The number of nitrogens with zero attached hydrogens (tertiary/aromatic N) is 1. The average Bonchev–Trinajstić information content (AvgIpc) is 2.82. The molecule has 2 aromatic rings. The van der Waals surface area contributed by atoms with Crippen LogP contribution < -0.4 is 4.74 Å². The minimum atomic E-state index is -0.415. The van der Waals surface area contributed by atoms with Crippen LogP contribution in [0.1, 0.15) is 15.9 Å². The molecule has 1 heterocycles. The number of halogens is 1. The van der Waals surface area contributed by atoms with Gasteiger partial charge >= 0.3 is 5.97 Å². The van der Waals surface area contributed by atoms with E-state index in [-0.39, 0.29) is 5.91 Å². The van der Waals surface area contributed by atoms with Gasteiger partial charge in [0.25, 0.3) is 5.91 Å². The number of hydrogen-bond donors (Lipinski definition) is 0. The summed E-state index contributed by atoms with van der Waals surface area (Å²) in [6.45, 7) is 0. The zero-order valence-electron chi connectivity index (χ0n) is 13.1. The monoisotopic (exact) mass is 481 g/mol. The van der Waals surface area contributed by atoms with Gasteiger partial charge in [-0.3, -0.25) is 9.69 Å². The van der Waals surface area contributed by atoms with Crippen molar-refractivity contribution >= 4 is 68.8 Å². The number of thiocarbonyl (C=S) groups is 1. The van der Waals surface area contributed by atoms with Crippen molar-refractivity contribution in [2.45, 2.75) is 0 Å². The number of ether oxygens (including phenoxy) is 1. The largest absolute Gasteiger partial charge is 0.423 e. The Balaban J connectivity index is 1.81. The van der Waals surface area contributed by atoms with Gasteiger partial charge in [-0.25, -0.2) is 4.79 Å². The SMILES string of the molecule is CN1C(=O)C(=Cc2cccc(OC(=O)c3ccccc3I)c2)SC1=S. The minimum Gasteiger partial charge on any atom is -0.423 e. The Kier molecular flexibility index (Phi) is 5.55. The molecule has 0 spiro atoms. The Labute approximate surface area is 168 Å². The molecule has 0 radical (unpaired) electrons. The van der Waals surface area contributed by atoms with Crippen LogP contribution in [0.5, 0.6) is 5.75 Å². The lowest BCUT2D eigenvalue weighted by molar-refractivity contribution is -0.121. The van der Waals surface area contributed by atoms with E-state index in [1.165, 1.54) is 16.7 Å². The van der Waals surface area contributed by atoms with Crippen LogP contribution in [0.25, 0.3) is 6.08 Å². The predicted molar refractivity (Wildman–Crippen MR) is 111 cm³/mol. The quantitative estimate of drug-likeness (QED) is 0.215. The van der Waals surface area contributed by atoms with E-state index >= 15 is 0 Å². The molecule has 1 aliphatic rings. The van der Waals surface area contributed by atoms with Gasteiger partial charge in [-0.15, -0.1) is 0 Å². The molecule has 7 heteroatoms. The van der Waals surface area contributed by atoms with E-state index in [1.54, 1.807) is 43.5 Å². The van der Waals surface area contributed by atoms with Crippen LogP contribution in [-0.4, -0.2) is 28.1 Å². The first kappa shape index (κ1) is 18.1. The van der Waals surface area contributed by atoms with Crippen molar-refractivity contribution in [1.82, 2.24) is 4.90 Å². The molecule has 0 aliphatic carbocycles. The fraction of sp³-hybridized carbons (Fsp3) is 0.0556. The molecule has 0 aromatic heterocycles. The molecule has 3 rings (SSSR count). The van der Waals surface area contributed by atoms with E-state index in [4.69, 9.17) is 17.0 Å². The molecule has 0 N–H and O–H groups in total. The van der Waals surface area contributed by atoms with Gasteiger partial charge in [0.15, 0.2) is 0 Å². The third-order valence-electron chi connectivity index (χ3n) is 3.45. The summed E-state index contributed by atoms with van der Waals surface area (Å²) in [4.78, 5) is 26.4. The Morgan fingerprint density at radius 2 is 2.00 bits per heavy atom. The van der Waals surface area contributed by atoms with Gasteiger partial charge in [-0.1, -0.05) is 48.2 Å². The summed E-state index contributed by atoms with van der Waals surface area (Å²) in [7, 11) is 1.65. The Hall–Kier alpha value is -1.71. The number of esters is 1. The molecule has 0 bridgehead atoms. The number of benzene rings is 2. The highest BCUT2D eigenvalue weighted by molar-refractivity contribution is 14.1. The smallest absolute Gasteiger partial charge is 0.344 e.